The molecule has 120 valence electrons. The van der Waals surface area contributed by atoms with Gasteiger partial charge in [-0.3, -0.25) is 4.99 Å². The van der Waals surface area contributed by atoms with Crippen molar-refractivity contribution < 1.29 is 5.11 Å². The van der Waals surface area contributed by atoms with Crippen LogP contribution in [-0.2, 0) is 13.0 Å². The molecule has 0 saturated carbocycles. The number of benzene rings is 1. The number of aryl methyl sites for hydroxylation is 1. The summed E-state index contributed by atoms with van der Waals surface area (Å²) in [5.41, 5.74) is 3.68. The first kappa shape index (κ1) is 18.9. The highest BCUT2D eigenvalue weighted by Gasteiger charge is 2.08. The van der Waals surface area contributed by atoms with E-state index in [4.69, 9.17) is 5.11 Å². The highest BCUT2D eigenvalue weighted by atomic mass is 32.2. The van der Waals surface area contributed by atoms with E-state index in [-0.39, 0.29) is 6.61 Å². The van der Waals surface area contributed by atoms with E-state index in [0.717, 1.165) is 24.3 Å². The van der Waals surface area contributed by atoms with Gasteiger partial charge in [0.25, 0.3) is 0 Å². The maximum atomic E-state index is 8.43. The lowest BCUT2D eigenvalue weighted by Gasteiger charge is -2.00. The molecule has 2 nitrogen and oxygen atoms in total. The molecule has 1 aromatic carbocycles. The fraction of sp³-hybridized carbons (Fsp3) is 0.389. The zero-order valence-corrected chi connectivity index (χ0v) is 15.2. The highest BCUT2D eigenvalue weighted by molar-refractivity contribution is 8.14. The second-order valence-corrected chi connectivity index (χ2v) is 6.24. The molecule has 2 heterocycles. The number of aliphatic imine (C=N–C) groups is 1. The fourth-order valence-electron chi connectivity index (χ4n) is 1.78. The van der Waals surface area contributed by atoms with Crippen LogP contribution in [0.4, 0.5) is 0 Å². The van der Waals surface area contributed by atoms with Gasteiger partial charge in [0.15, 0.2) is 0 Å². The van der Waals surface area contributed by atoms with Crippen LogP contribution in [0.15, 0.2) is 46.1 Å². The van der Waals surface area contributed by atoms with E-state index < -0.39 is 0 Å². The molecular formula is C18H25NOS2. The first-order valence-corrected chi connectivity index (χ1v) is 9.64. The summed E-state index contributed by atoms with van der Waals surface area (Å²) in [5, 5.41) is 13.5. The van der Waals surface area contributed by atoms with Crippen molar-refractivity contribution in [2.45, 2.75) is 33.8 Å². The van der Waals surface area contributed by atoms with Gasteiger partial charge in [0, 0.05) is 17.9 Å². The number of aliphatic hydroxyl groups is 1. The molecule has 4 heteroatoms. The predicted molar refractivity (Wildman–Crippen MR) is 101 cm³/mol. The Morgan fingerprint density at radius 1 is 1.09 bits per heavy atom. The van der Waals surface area contributed by atoms with Crippen molar-refractivity contribution in [3.8, 4) is 0 Å². The van der Waals surface area contributed by atoms with Crippen molar-refractivity contribution in [3.63, 3.8) is 0 Å². The summed E-state index contributed by atoms with van der Waals surface area (Å²) in [6.45, 7) is 7.33. The molecule has 0 bridgehead atoms. The molecule has 1 aromatic heterocycles. The third kappa shape index (κ3) is 6.34. The summed E-state index contributed by atoms with van der Waals surface area (Å²) in [7, 11) is 0. The molecule has 2 aromatic rings. The number of thiophene rings is 1. The lowest BCUT2D eigenvalue weighted by atomic mass is 10.1. The lowest BCUT2D eigenvalue weighted by molar-refractivity contribution is 0.282. The first-order valence-electron chi connectivity index (χ1n) is 7.72. The number of nitrogens with zero attached hydrogens (tertiary/aromatic N) is 1. The number of hydrogen-bond donors (Lipinski definition) is 1. The summed E-state index contributed by atoms with van der Waals surface area (Å²) in [6.07, 6.45) is 1.11. The molecule has 0 fully saturated rings. The van der Waals surface area contributed by atoms with E-state index in [0.29, 0.717) is 0 Å². The summed E-state index contributed by atoms with van der Waals surface area (Å²) in [5.74, 6) is 1.14. The Morgan fingerprint density at radius 2 is 1.82 bits per heavy atom. The van der Waals surface area contributed by atoms with Crippen LogP contribution in [-0.4, -0.2) is 22.4 Å². The Kier molecular flexibility index (Phi) is 9.87. The molecule has 1 aliphatic heterocycles. The van der Waals surface area contributed by atoms with Gasteiger partial charge in [-0.05, 0) is 34.4 Å². The minimum atomic E-state index is 0.170. The second-order valence-electron chi connectivity index (χ2n) is 4.38. The Hall–Kier alpha value is -1.10. The second kappa shape index (κ2) is 11.5. The minimum Gasteiger partial charge on any atom is -0.392 e. The van der Waals surface area contributed by atoms with E-state index in [1.807, 2.05) is 42.4 Å². The largest absolute Gasteiger partial charge is 0.392 e. The van der Waals surface area contributed by atoms with E-state index in [9.17, 15) is 0 Å². The van der Waals surface area contributed by atoms with E-state index >= 15 is 0 Å². The average molecular weight is 336 g/mol. The number of hydrogen-bond acceptors (Lipinski definition) is 4. The zero-order chi connectivity index (χ0) is 16.2. The first-order chi connectivity index (χ1) is 10.8. The quantitative estimate of drug-likeness (QED) is 0.855. The molecule has 0 atom stereocenters. The van der Waals surface area contributed by atoms with Gasteiger partial charge in [0.2, 0.25) is 0 Å². The van der Waals surface area contributed by atoms with Gasteiger partial charge in [0.1, 0.15) is 0 Å². The van der Waals surface area contributed by atoms with Crippen LogP contribution in [0, 0.1) is 0 Å². The average Bonchev–Trinajstić information content (AvgIpc) is 3.31. The summed E-state index contributed by atoms with van der Waals surface area (Å²) in [6, 6.07) is 10.6. The molecule has 0 radical (unpaired) electrons. The summed E-state index contributed by atoms with van der Waals surface area (Å²) < 4.78 is 0. The van der Waals surface area contributed by atoms with Crippen molar-refractivity contribution >= 4 is 28.1 Å². The molecule has 0 amide bonds. The molecule has 0 aliphatic carbocycles. The topological polar surface area (TPSA) is 32.6 Å². The molecular weight excluding hydrogens is 310 g/mol. The van der Waals surface area contributed by atoms with Crippen molar-refractivity contribution in [1.29, 1.82) is 0 Å². The SMILES string of the molecule is CC.CCc1ccc(C2=NCCS2)cc1.OCc1ccsc1. The van der Waals surface area contributed by atoms with Gasteiger partial charge < -0.3 is 5.11 Å². The number of aliphatic hydroxyl groups excluding tert-OH is 1. The molecule has 0 saturated heterocycles. The molecule has 0 spiro atoms. The fourth-order valence-corrected chi connectivity index (χ4v) is 3.30. The van der Waals surface area contributed by atoms with Crippen molar-refractivity contribution in [3.05, 3.63) is 57.8 Å². The number of thioether (sulfide) groups is 1. The van der Waals surface area contributed by atoms with Gasteiger partial charge in [-0.15, -0.1) is 11.8 Å². The van der Waals surface area contributed by atoms with Crippen molar-refractivity contribution in [2.24, 2.45) is 4.99 Å². The maximum absolute atomic E-state index is 8.43. The van der Waals surface area contributed by atoms with Crippen LogP contribution in [0.2, 0.25) is 0 Å². The van der Waals surface area contributed by atoms with E-state index in [2.05, 4.69) is 36.2 Å². The van der Waals surface area contributed by atoms with Gasteiger partial charge in [0.05, 0.1) is 11.7 Å². The normalized spacial score (nSPS) is 12.6. The lowest BCUT2D eigenvalue weighted by Crippen LogP contribution is -1.91. The molecule has 1 aliphatic rings. The smallest absolute Gasteiger partial charge is 0.0977 e. The van der Waals surface area contributed by atoms with E-state index in [1.165, 1.54) is 16.2 Å². The van der Waals surface area contributed by atoms with Gasteiger partial charge in [-0.25, -0.2) is 0 Å². The molecule has 0 unspecified atom stereocenters. The monoisotopic (exact) mass is 335 g/mol. The van der Waals surface area contributed by atoms with Crippen LogP contribution in [0.5, 0.6) is 0 Å². The molecule has 3 rings (SSSR count). The third-order valence-corrected chi connectivity index (χ3v) is 4.71. The zero-order valence-electron chi connectivity index (χ0n) is 13.6. The van der Waals surface area contributed by atoms with Gasteiger partial charge in [-0.1, -0.05) is 45.0 Å². The summed E-state index contributed by atoms with van der Waals surface area (Å²) in [4.78, 5) is 4.44. The van der Waals surface area contributed by atoms with Crippen LogP contribution in [0.3, 0.4) is 0 Å². The Bertz CT molecular complexity index is 533. The third-order valence-electron chi connectivity index (χ3n) is 2.96. The van der Waals surface area contributed by atoms with Crippen molar-refractivity contribution in [1.82, 2.24) is 0 Å². The molecule has 22 heavy (non-hydrogen) atoms. The highest BCUT2D eigenvalue weighted by Crippen LogP contribution is 2.19. The van der Waals surface area contributed by atoms with Gasteiger partial charge >= 0.3 is 0 Å². The van der Waals surface area contributed by atoms with Crippen LogP contribution in [0.1, 0.15) is 37.5 Å². The van der Waals surface area contributed by atoms with Gasteiger partial charge in [-0.2, -0.15) is 11.3 Å². The van der Waals surface area contributed by atoms with Crippen molar-refractivity contribution in [2.75, 3.05) is 12.3 Å². The van der Waals surface area contributed by atoms with Crippen LogP contribution >= 0.6 is 23.1 Å². The standard InChI is InChI=1S/C11H13NS.C5H6OS.C2H6/c1-2-9-3-5-10(6-4-9)11-12-7-8-13-11;6-3-5-1-2-7-4-5;1-2/h3-6H,2,7-8H2,1H3;1-2,4,6H,3H2;1-2H3. The Morgan fingerprint density at radius 3 is 2.23 bits per heavy atom. The van der Waals surface area contributed by atoms with Crippen LogP contribution in [0.25, 0.3) is 0 Å². The molecule has 1 N–H and O–H groups in total. The Labute approximate surface area is 142 Å². The number of rotatable bonds is 3. The summed E-state index contributed by atoms with van der Waals surface area (Å²) >= 11 is 3.46. The van der Waals surface area contributed by atoms with E-state index in [1.54, 1.807) is 11.3 Å². The maximum Gasteiger partial charge on any atom is 0.0977 e. The minimum absolute atomic E-state index is 0.170. The predicted octanol–water partition coefficient (Wildman–Crippen LogP) is 5.01. The van der Waals surface area contributed by atoms with Crippen LogP contribution < -0.4 is 0 Å². The Balaban J connectivity index is 0.000000228.